The second-order valence-electron chi connectivity index (χ2n) is 5.37. The molecule has 0 spiro atoms. The Morgan fingerprint density at radius 1 is 1.20 bits per heavy atom. The molecular formula is C17H20FNO. The molecule has 20 heavy (non-hydrogen) atoms. The zero-order valence-electron chi connectivity index (χ0n) is 12.1. The number of aryl methyl sites for hydroxylation is 1. The maximum Gasteiger partial charge on any atom is 0.123 e. The Hall–Kier alpha value is -1.87. The number of methoxy groups -OCH3 is 1. The monoisotopic (exact) mass is 273 g/mol. The van der Waals surface area contributed by atoms with Crippen LogP contribution in [-0.4, -0.2) is 7.11 Å². The van der Waals surface area contributed by atoms with Gasteiger partial charge in [0.05, 0.1) is 7.11 Å². The molecule has 0 amide bonds. The standard InChI is InChI=1S/C17H20FNO/c1-12-10-14(18)9-8-13(12)11-17(2,19)15-6-4-5-7-16(15)20-3/h4-10H,11,19H2,1-3H3. The normalized spacial score (nSPS) is 13.8. The van der Waals surface area contributed by atoms with Gasteiger partial charge in [-0.05, 0) is 49.6 Å². The molecule has 1 atom stereocenters. The van der Waals surface area contributed by atoms with Crippen molar-refractivity contribution in [2.75, 3.05) is 7.11 Å². The third-order valence-electron chi connectivity index (χ3n) is 3.58. The minimum atomic E-state index is -0.574. The first-order valence-corrected chi connectivity index (χ1v) is 6.61. The van der Waals surface area contributed by atoms with Crippen LogP contribution in [-0.2, 0) is 12.0 Å². The Labute approximate surface area is 119 Å². The Balaban J connectivity index is 2.35. The fourth-order valence-electron chi connectivity index (χ4n) is 2.46. The molecule has 2 aromatic carbocycles. The summed E-state index contributed by atoms with van der Waals surface area (Å²) in [6.07, 6.45) is 0.624. The fraction of sp³-hybridized carbons (Fsp3) is 0.294. The highest BCUT2D eigenvalue weighted by Crippen LogP contribution is 2.31. The molecule has 0 saturated carbocycles. The molecular weight excluding hydrogens is 253 g/mol. The summed E-state index contributed by atoms with van der Waals surface area (Å²) in [6, 6.07) is 12.5. The van der Waals surface area contributed by atoms with E-state index in [1.807, 2.05) is 38.1 Å². The summed E-state index contributed by atoms with van der Waals surface area (Å²) < 4.78 is 18.5. The summed E-state index contributed by atoms with van der Waals surface area (Å²) >= 11 is 0. The van der Waals surface area contributed by atoms with Crippen LogP contribution < -0.4 is 10.5 Å². The van der Waals surface area contributed by atoms with Gasteiger partial charge in [-0.25, -0.2) is 4.39 Å². The van der Waals surface area contributed by atoms with Gasteiger partial charge in [-0.2, -0.15) is 0 Å². The molecule has 106 valence electrons. The number of nitrogens with two attached hydrogens (primary N) is 1. The lowest BCUT2D eigenvalue weighted by Crippen LogP contribution is -2.36. The molecule has 0 aliphatic heterocycles. The maximum absolute atomic E-state index is 13.2. The number of rotatable bonds is 4. The van der Waals surface area contributed by atoms with Gasteiger partial charge in [0.1, 0.15) is 11.6 Å². The van der Waals surface area contributed by atoms with E-state index in [0.717, 1.165) is 22.4 Å². The molecule has 0 aliphatic carbocycles. The number of halogens is 1. The quantitative estimate of drug-likeness (QED) is 0.924. The molecule has 0 radical (unpaired) electrons. The van der Waals surface area contributed by atoms with Crippen LogP contribution in [0.15, 0.2) is 42.5 Å². The van der Waals surface area contributed by atoms with E-state index in [1.165, 1.54) is 12.1 Å². The molecule has 0 heterocycles. The van der Waals surface area contributed by atoms with Crippen LogP contribution >= 0.6 is 0 Å². The Morgan fingerprint density at radius 2 is 1.90 bits per heavy atom. The molecule has 0 bridgehead atoms. The topological polar surface area (TPSA) is 35.2 Å². The fourth-order valence-corrected chi connectivity index (χ4v) is 2.46. The molecule has 2 nitrogen and oxygen atoms in total. The zero-order valence-corrected chi connectivity index (χ0v) is 12.1. The highest BCUT2D eigenvalue weighted by Gasteiger charge is 2.25. The summed E-state index contributed by atoms with van der Waals surface area (Å²) in [5.41, 5.74) is 8.81. The molecule has 0 saturated heterocycles. The van der Waals surface area contributed by atoms with Crippen LogP contribution in [0.25, 0.3) is 0 Å². The lowest BCUT2D eigenvalue weighted by molar-refractivity contribution is 0.386. The molecule has 0 aromatic heterocycles. The van der Waals surface area contributed by atoms with E-state index in [2.05, 4.69) is 0 Å². The number of hydrogen-bond donors (Lipinski definition) is 1. The van der Waals surface area contributed by atoms with Crippen molar-refractivity contribution in [3.05, 3.63) is 65.0 Å². The lowest BCUT2D eigenvalue weighted by Gasteiger charge is -2.28. The van der Waals surface area contributed by atoms with Crippen LogP contribution in [0.2, 0.25) is 0 Å². The number of ether oxygens (including phenoxy) is 1. The minimum Gasteiger partial charge on any atom is -0.496 e. The minimum absolute atomic E-state index is 0.220. The highest BCUT2D eigenvalue weighted by atomic mass is 19.1. The number of para-hydroxylation sites is 1. The van der Waals surface area contributed by atoms with Crippen LogP contribution in [0.1, 0.15) is 23.6 Å². The van der Waals surface area contributed by atoms with Gasteiger partial charge >= 0.3 is 0 Å². The van der Waals surface area contributed by atoms with Crippen LogP contribution in [0.5, 0.6) is 5.75 Å². The van der Waals surface area contributed by atoms with Crippen molar-refractivity contribution in [3.8, 4) is 5.75 Å². The van der Waals surface area contributed by atoms with Crippen LogP contribution in [0.3, 0.4) is 0 Å². The van der Waals surface area contributed by atoms with Crippen LogP contribution in [0, 0.1) is 12.7 Å². The molecule has 2 aromatic rings. The van der Waals surface area contributed by atoms with Gasteiger partial charge in [-0.1, -0.05) is 24.3 Å². The van der Waals surface area contributed by atoms with Crippen molar-refractivity contribution >= 4 is 0 Å². The second kappa shape index (κ2) is 5.63. The first-order chi connectivity index (χ1) is 9.44. The summed E-state index contributed by atoms with van der Waals surface area (Å²) in [5, 5.41) is 0. The molecule has 0 aliphatic rings. The van der Waals surface area contributed by atoms with Gasteiger partial charge in [-0.15, -0.1) is 0 Å². The Bertz CT molecular complexity index is 608. The lowest BCUT2D eigenvalue weighted by atomic mass is 9.85. The van der Waals surface area contributed by atoms with E-state index in [-0.39, 0.29) is 5.82 Å². The average molecular weight is 273 g/mol. The van der Waals surface area contributed by atoms with Crippen molar-refractivity contribution in [2.45, 2.75) is 25.8 Å². The van der Waals surface area contributed by atoms with E-state index < -0.39 is 5.54 Å². The molecule has 1 unspecified atom stereocenters. The first-order valence-electron chi connectivity index (χ1n) is 6.61. The van der Waals surface area contributed by atoms with Crippen molar-refractivity contribution in [3.63, 3.8) is 0 Å². The van der Waals surface area contributed by atoms with Gasteiger partial charge in [0.25, 0.3) is 0 Å². The Morgan fingerprint density at radius 3 is 2.55 bits per heavy atom. The van der Waals surface area contributed by atoms with Crippen molar-refractivity contribution in [1.82, 2.24) is 0 Å². The van der Waals surface area contributed by atoms with Gasteiger partial charge in [0, 0.05) is 11.1 Å². The summed E-state index contributed by atoms with van der Waals surface area (Å²) in [5.74, 6) is 0.555. The van der Waals surface area contributed by atoms with E-state index in [4.69, 9.17) is 10.5 Å². The average Bonchev–Trinajstić information content (AvgIpc) is 2.42. The van der Waals surface area contributed by atoms with Gasteiger partial charge < -0.3 is 10.5 Å². The summed E-state index contributed by atoms with van der Waals surface area (Å²) in [4.78, 5) is 0. The number of hydrogen-bond acceptors (Lipinski definition) is 2. The highest BCUT2D eigenvalue weighted by molar-refractivity contribution is 5.40. The van der Waals surface area contributed by atoms with E-state index >= 15 is 0 Å². The maximum atomic E-state index is 13.2. The Kier molecular flexibility index (Phi) is 4.09. The smallest absolute Gasteiger partial charge is 0.123 e. The zero-order chi connectivity index (χ0) is 14.8. The van der Waals surface area contributed by atoms with Crippen molar-refractivity contribution < 1.29 is 9.13 Å². The number of benzene rings is 2. The van der Waals surface area contributed by atoms with Crippen molar-refractivity contribution in [2.24, 2.45) is 5.73 Å². The van der Waals surface area contributed by atoms with Gasteiger partial charge in [-0.3, -0.25) is 0 Å². The largest absolute Gasteiger partial charge is 0.496 e. The van der Waals surface area contributed by atoms with Gasteiger partial charge in [0.2, 0.25) is 0 Å². The molecule has 2 rings (SSSR count). The van der Waals surface area contributed by atoms with E-state index in [9.17, 15) is 4.39 Å². The molecule has 0 fully saturated rings. The third kappa shape index (κ3) is 2.99. The predicted octanol–water partition coefficient (Wildman–Crippen LogP) is 3.56. The summed E-state index contributed by atoms with van der Waals surface area (Å²) in [6.45, 7) is 3.87. The van der Waals surface area contributed by atoms with E-state index in [0.29, 0.717) is 6.42 Å². The molecule has 3 heteroatoms. The van der Waals surface area contributed by atoms with E-state index in [1.54, 1.807) is 13.2 Å². The third-order valence-corrected chi connectivity index (χ3v) is 3.58. The predicted molar refractivity (Wildman–Crippen MR) is 79.4 cm³/mol. The van der Waals surface area contributed by atoms with Gasteiger partial charge in [0.15, 0.2) is 0 Å². The molecule has 2 N–H and O–H groups in total. The summed E-state index contributed by atoms with van der Waals surface area (Å²) in [7, 11) is 1.64. The SMILES string of the molecule is COc1ccccc1C(C)(N)Cc1ccc(F)cc1C. The van der Waals surface area contributed by atoms with Crippen LogP contribution in [0.4, 0.5) is 4.39 Å². The first kappa shape index (κ1) is 14.5. The van der Waals surface area contributed by atoms with Crippen molar-refractivity contribution in [1.29, 1.82) is 0 Å². The second-order valence-corrected chi connectivity index (χ2v) is 5.37.